The topological polar surface area (TPSA) is 64.6 Å². The van der Waals surface area contributed by atoms with Crippen LogP contribution in [0.2, 0.25) is 5.02 Å². The molecule has 1 fully saturated rings. The molecule has 1 saturated heterocycles. The largest absolute Gasteiger partial charge is 0.490 e. The van der Waals surface area contributed by atoms with E-state index in [1.54, 1.807) is 30.3 Å². The number of hydrogen-bond acceptors (Lipinski definition) is 5. The molecule has 27 heavy (non-hydrogen) atoms. The zero-order valence-corrected chi connectivity index (χ0v) is 15.8. The highest BCUT2D eigenvalue weighted by Gasteiger charge is 2.25. The number of thioether (sulfide) groups is 1. The molecule has 0 radical (unpaired) electrons. The molecule has 1 N–H and O–H groups in total. The minimum Gasteiger partial charge on any atom is -0.490 e. The second-order valence-corrected chi connectivity index (χ2v) is 6.95. The summed E-state index contributed by atoms with van der Waals surface area (Å²) in [6.07, 6.45) is 1.56. The van der Waals surface area contributed by atoms with Crippen LogP contribution in [0.1, 0.15) is 18.1 Å². The van der Waals surface area contributed by atoms with Gasteiger partial charge in [-0.1, -0.05) is 23.7 Å². The van der Waals surface area contributed by atoms with Gasteiger partial charge in [-0.2, -0.15) is 0 Å². The highest BCUT2D eigenvalue weighted by Crippen LogP contribution is 2.38. The van der Waals surface area contributed by atoms with Crippen LogP contribution in [0.15, 0.2) is 41.3 Å². The lowest BCUT2D eigenvalue weighted by atomic mass is 10.1. The Kier molecular flexibility index (Phi) is 6.03. The van der Waals surface area contributed by atoms with Crippen molar-refractivity contribution >= 4 is 40.6 Å². The Balaban J connectivity index is 1.85. The summed E-state index contributed by atoms with van der Waals surface area (Å²) in [6.45, 7) is 2.39. The van der Waals surface area contributed by atoms with E-state index in [1.807, 2.05) is 6.92 Å². The van der Waals surface area contributed by atoms with Crippen LogP contribution in [0.4, 0.5) is 9.18 Å². The molecule has 0 aromatic heterocycles. The van der Waals surface area contributed by atoms with Crippen molar-refractivity contribution in [1.82, 2.24) is 5.32 Å². The summed E-state index contributed by atoms with van der Waals surface area (Å²) in [5.41, 5.74) is 1.38. The van der Waals surface area contributed by atoms with Crippen molar-refractivity contribution in [2.24, 2.45) is 0 Å². The number of ether oxygens (including phenoxy) is 2. The van der Waals surface area contributed by atoms with E-state index < -0.39 is 11.1 Å². The molecule has 2 aromatic rings. The van der Waals surface area contributed by atoms with E-state index in [0.717, 1.165) is 17.3 Å². The van der Waals surface area contributed by atoms with Crippen molar-refractivity contribution in [3.63, 3.8) is 0 Å². The van der Waals surface area contributed by atoms with Crippen LogP contribution in [-0.2, 0) is 11.4 Å². The Labute approximate surface area is 164 Å². The van der Waals surface area contributed by atoms with Crippen LogP contribution in [0.5, 0.6) is 11.5 Å². The molecule has 0 spiro atoms. The first-order valence-corrected chi connectivity index (χ1v) is 9.24. The monoisotopic (exact) mass is 407 g/mol. The fourth-order valence-corrected chi connectivity index (χ4v) is 3.34. The number of imide groups is 1. The molecule has 0 atom stereocenters. The van der Waals surface area contributed by atoms with Gasteiger partial charge in [-0.05, 0) is 60.2 Å². The second-order valence-electron chi connectivity index (χ2n) is 5.53. The number of rotatable bonds is 6. The van der Waals surface area contributed by atoms with Crippen molar-refractivity contribution in [1.29, 1.82) is 0 Å². The molecule has 8 heteroatoms. The predicted molar refractivity (Wildman–Crippen MR) is 102 cm³/mol. The lowest BCUT2D eigenvalue weighted by Gasteiger charge is -2.14. The highest BCUT2D eigenvalue weighted by molar-refractivity contribution is 8.18. The molecule has 1 aliphatic rings. The van der Waals surface area contributed by atoms with Crippen LogP contribution in [0, 0.1) is 5.82 Å². The number of carbonyl (C=O) groups excluding carboxylic acids is 2. The van der Waals surface area contributed by atoms with Gasteiger partial charge in [-0.15, -0.1) is 0 Å². The Hall–Kier alpha value is -2.51. The second kappa shape index (κ2) is 8.45. The zero-order chi connectivity index (χ0) is 19.4. The molecule has 0 unspecified atom stereocenters. The molecular formula is C19H15ClFNO4S. The van der Waals surface area contributed by atoms with Gasteiger partial charge >= 0.3 is 0 Å². The average molecular weight is 408 g/mol. The lowest BCUT2D eigenvalue weighted by Crippen LogP contribution is -2.17. The molecule has 2 aromatic carbocycles. The molecule has 2 amide bonds. The maximum atomic E-state index is 13.0. The fourth-order valence-electron chi connectivity index (χ4n) is 2.38. The van der Waals surface area contributed by atoms with Gasteiger partial charge in [0, 0.05) is 0 Å². The van der Waals surface area contributed by atoms with Crippen LogP contribution >= 0.6 is 23.4 Å². The number of benzene rings is 2. The first-order chi connectivity index (χ1) is 13.0. The smallest absolute Gasteiger partial charge is 0.290 e. The zero-order valence-electron chi connectivity index (χ0n) is 14.3. The molecular weight excluding hydrogens is 393 g/mol. The molecule has 0 aliphatic carbocycles. The fraction of sp³-hybridized carbons (Fsp3) is 0.158. The van der Waals surface area contributed by atoms with Gasteiger partial charge in [-0.3, -0.25) is 14.9 Å². The highest BCUT2D eigenvalue weighted by atomic mass is 35.5. The van der Waals surface area contributed by atoms with Crippen LogP contribution in [0.3, 0.4) is 0 Å². The Morgan fingerprint density at radius 1 is 1.19 bits per heavy atom. The van der Waals surface area contributed by atoms with E-state index in [2.05, 4.69) is 5.32 Å². The molecule has 3 rings (SSSR count). The first kappa shape index (κ1) is 19.3. The SMILES string of the molecule is CCOc1cc(/C=C2\SC(=O)NC2=O)cc(Cl)c1OCc1ccc(F)cc1. The van der Waals surface area contributed by atoms with Crippen LogP contribution in [-0.4, -0.2) is 17.8 Å². The maximum absolute atomic E-state index is 13.0. The van der Waals surface area contributed by atoms with Gasteiger partial charge in [-0.25, -0.2) is 4.39 Å². The summed E-state index contributed by atoms with van der Waals surface area (Å²) in [5.74, 6) is -0.00881. The third-order valence-corrected chi connectivity index (χ3v) is 4.66. The van der Waals surface area contributed by atoms with Crippen LogP contribution in [0.25, 0.3) is 6.08 Å². The Morgan fingerprint density at radius 2 is 1.93 bits per heavy atom. The first-order valence-electron chi connectivity index (χ1n) is 8.04. The van der Waals surface area contributed by atoms with E-state index in [4.69, 9.17) is 21.1 Å². The summed E-state index contributed by atoms with van der Waals surface area (Å²) in [7, 11) is 0. The van der Waals surface area contributed by atoms with E-state index in [-0.39, 0.29) is 17.3 Å². The number of nitrogens with one attached hydrogen (secondary N) is 1. The van der Waals surface area contributed by atoms with Gasteiger partial charge in [0.1, 0.15) is 12.4 Å². The molecule has 1 aliphatic heterocycles. The molecule has 140 valence electrons. The number of carbonyl (C=O) groups is 2. The number of amides is 2. The van der Waals surface area contributed by atoms with E-state index in [9.17, 15) is 14.0 Å². The van der Waals surface area contributed by atoms with Crippen molar-refractivity contribution < 1.29 is 23.5 Å². The van der Waals surface area contributed by atoms with Crippen molar-refractivity contribution in [2.75, 3.05) is 6.61 Å². The molecule has 1 heterocycles. The van der Waals surface area contributed by atoms with Crippen LogP contribution < -0.4 is 14.8 Å². The average Bonchev–Trinajstić information content (AvgIpc) is 2.93. The number of halogens is 2. The maximum Gasteiger partial charge on any atom is 0.290 e. The minimum atomic E-state index is -0.448. The third-order valence-electron chi connectivity index (χ3n) is 3.57. The summed E-state index contributed by atoms with van der Waals surface area (Å²) in [6, 6.07) is 9.24. The molecule has 0 saturated carbocycles. The van der Waals surface area contributed by atoms with Gasteiger partial charge in [0.2, 0.25) is 0 Å². The quantitative estimate of drug-likeness (QED) is 0.698. The van der Waals surface area contributed by atoms with Gasteiger partial charge in [0.25, 0.3) is 11.1 Å². The molecule has 5 nitrogen and oxygen atoms in total. The van der Waals surface area contributed by atoms with Gasteiger partial charge in [0.05, 0.1) is 16.5 Å². The van der Waals surface area contributed by atoms with E-state index in [0.29, 0.717) is 28.7 Å². The van der Waals surface area contributed by atoms with E-state index >= 15 is 0 Å². The minimum absolute atomic E-state index is 0.188. The summed E-state index contributed by atoms with van der Waals surface area (Å²) < 4.78 is 24.4. The Morgan fingerprint density at radius 3 is 2.56 bits per heavy atom. The molecule has 0 bridgehead atoms. The summed E-state index contributed by atoms with van der Waals surface area (Å²) in [5, 5.41) is 2.08. The van der Waals surface area contributed by atoms with Crippen molar-refractivity contribution in [3.8, 4) is 11.5 Å². The third kappa shape index (κ3) is 4.81. The summed E-state index contributed by atoms with van der Waals surface area (Å²) in [4.78, 5) is 23.3. The van der Waals surface area contributed by atoms with Crippen molar-refractivity contribution in [2.45, 2.75) is 13.5 Å². The summed E-state index contributed by atoms with van der Waals surface area (Å²) >= 11 is 7.17. The standard InChI is InChI=1S/C19H15ClFNO4S/c1-2-25-15-8-12(9-16-18(23)22-19(24)27-16)7-14(20)17(15)26-10-11-3-5-13(21)6-4-11/h3-9H,2,10H2,1H3,(H,22,23,24)/b16-9-. The lowest BCUT2D eigenvalue weighted by molar-refractivity contribution is -0.115. The van der Waals surface area contributed by atoms with E-state index in [1.165, 1.54) is 12.1 Å². The van der Waals surface area contributed by atoms with Gasteiger partial charge < -0.3 is 9.47 Å². The van der Waals surface area contributed by atoms with Gasteiger partial charge in [0.15, 0.2) is 11.5 Å². The Bertz CT molecular complexity index is 915. The predicted octanol–water partition coefficient (Wildman–Crippen LogP) is 4.78. The van der Waals surface area contributed by atoms with Crippen molar-refractivity contribution in [3.05, 3.63) is 63.3 Å². The normalized spacial score (nSPS) is 15.1. The number of hydrogen-bond donors (Lipinski definition) is 1.